The third-order valence-corrected chi connectivity index (χ3v) is 8.70. The van der Waals surface area contributed by atoms with Crippen LogP contribution in [-0.2, 0) is 39.9 Å². The first-order valence-corrected chi connectivity index (χ1v) is 18.2. The number of unbranched alkanes of at least 4 members (excludes halogenated alkanes) is 4. The lowest BCUT2D eigenvalue weighted by Gasteiger charge is -2.28. The van der Waals surface area contributed by atoms with E-state index in [1.165, 1.54) is 6.92 Å². The van der Waals surface area contributed by atoms with E-state index in [1.807, 2.05) is 13.8 Å². The Kier molecular flexibility index (Phi) is 18.6. The molecule has 2 rings (SSSR count). The monoisotopic (exact) mass is 717 g/mol. The number of aliphatic hydroxyl groups is 2. The molecule has 1 aromatic carbocycles. The second-order valence-electron chi connectivity index (χ2n) is 14.2. The van der Waals surface area contributed by atoms with Crippen molar-refractivity contribution in [2.45, 2.75) is 142 Å². The molecule has 7 N–H and O–H groups in total. The SMILES string of the molecule is CCCCCCCC1CC(=O)N[C@@H](CC(C)C)C(=O)N[C@@H](CO)C(=O)N[C@@H]([C@@H](C)O)C(=O)N[C@@H](Cc2ccccc2)C(=O)N[C@@H](C(C)C)C(=O)O1. The summed E-state index contributed by atoms with van der Waals surface area (Å²) in [5.74, 6) is -5.13. The summed E-state index contributed by atoms with van der Waals surface area (Å²) in [4.78, 5) is 81.3. The Morgan fingerprint density at radius 3 is 1.90 bits per heavy atom. The maximum absolute atomic E-state index is 13.8. The molecule has 1 saturated heterocycles. The normalized spacial score (nSPS) is 25.4. The molecule has 1 aromatic rings. The number of cyclic esters (lactones) is 1. The lowest BCUT2D eigenvalue weighted by molar-refractivity contribution is -0.156. The molecule has 0 aromatic heterocycles. The van der Waals surface area contributed by atoms with Gasteiger partial charge in [0.05, 0.1) is 19.1 Å². The van der Waals surface area contributed by atoms with Crippen molar-refractivity contribution in [1.82, 2.24) is 26.6 Å². The van der Waals surface area contributed by atoms with Gasteiger partial charge in [-0.2, -0.15) is 0 Å². The van der Waals surface area contributed by atoms with Crippen LogP contribution in [0.1, 0.15) is 98.5 Å². The van der Waals surface area contributed by atoms with Crippen LogP contribution < -0.4 is 26.6 Å². The van der Waals surface area contributed by atoms with Crippen molar-refractivity contribution in [2.75, 3.05) is 6.61 Å². The van der Waals surface area contributed by atoms with Crippen LogP contribution in [0.5, 0.6) is 0 Å². The van der Waals surface area contributed by atoms with E-state index in [9.17, 15) is 39.0 Å². The van der Waals surface area contributed by atoms with Crippen molar-refractivity contribution in [2.24, 2.45) is 11.8 Å². The fourth-order valence-corrected chi connectivity index (χ4v) is 5.78. The van der Waals surface area contributed by atoms with Gasteiger partial charge < -0.3 is 41.5 Å². The van der Waals surface area contributed by atoms with Gasteiger partial charge in [0.25, 0.3) is 0 Å². The molecule has 1 fully saturated rings. The molecular formula is C37H59N5O9. The number of carbonyl (C=O) groups excluding carboxylic acids is 6. The average molecular weight is 718 g/mol. The zero-order valence-corrected chi connectivity index (χ0v) is 30.9. The molecule has 0 bridgehead atoms. The molecule has 51 heavy (non-hydrogen) atoms. The van der Waals surface area contributed by atoms with E-state index in [0.29, 0.717) is 18.4 Å². The van der Waals surface area contributed by atoms with Gasteiger partial charge in [0.15, 0.2) is 0 Å². The van der Waals surface area contributed by atoms with Crippen LogP contribution in [0.15, 0.2) is 30.3 Å². The van der Waals surface area contributed by atoms with Gasteiger partial charge in [0.2, 0.25) is 29.5 Å². The van der Waals surface area contributed by atoms with Crippen molar-refractivity contribution in [3.05, 3.63) is 35.9 Å². The smallest absolute Gasteiger partial charge is 0.329 e. The number of esters is 1. The summed E-state index contributed by atoms with van der Waals surface area (Å²) in [6.07, 6.45) is 2.64. The quantitative estimate of drug-likeness (QED) is 0.116. The Balaban J connectivity index is 2.56. The Morgan fingerprint density at radius 2 is 1.31 bits per heavy atom. The predicted octanol–water partition coefficient (Wildman–Crippen LogP) is 1.40. The highest BCUT2D eigenvalue weighted by atomic mass is 16.5. The van der Waals surface area contributed by atoms with E-state index < -0.39 is 90.4 Å². The van der Waals surface area contributed by atoms with Crippen LogP contribution in [-0.4, -0.2) is 94.7 Å². The molecule has 5 amide bonds. The summed E-state index contributed by atoms with van der Waals surface area (Å²) in [5, 5.41) is 33.4. The highest BCUT2D eigenvalue weighted by molar-refractivity contribution is 5.96. The summed E-state index contributed by atoms with van der Waals surface area (Å²) in [6.45, 7) is 9.66. The summed E-state index contributed by atoms with van der Waals surface area (Å²) >= 11 is 0. The standard InChI is InChI=1S/C37H59N5O9/c1-7-8-9-10-14-17-26-20-30(45)38-27(18-22(2)3)33(46)40-29(21-43)35(48)42-32(24(6)44)36(49)39-28(19-25-15-12-11-13-16-25)34(47)41-31(23(4)5)37(50)51-26/h11-13,15-16,22-24,26-29,31-32,43-44H,7-10,14,17-21H2,1-6H3,(H,38,45)(H,39,49)(H,40,46)(H,41,47)(H,42,48)/t24-,26?,27+,28+,29+,31+,32+/m1/s1. The number of hydrogen-bond acceptors (Lipinski definition) is 9. The van der Waals surface area contributed by atoms with E-state index >= 15 is 0 Å². The number of benzene rings is 1. The highest BCUT2D eigenvalue weighted by Crippen LogP contribution is 2.17. The third kappa shape index (κ3) is 15.0. The van der Waals surface area contributed by atoms with E-state index in [0.717, 1.165) is 25.7 Å². The van der Waals surface area contributed by atoms with Crippen molar-refractivity contribution in [3.63, 3.8) is 0 Å². The molecule has 0 radical (unpaired) electrons. The molecule has 286 valence electrons. The maximum atomic E-state index is 13.8. The molecule has 1 aliphatic rings. The number of rotatable bonds is 13. The minimum atomic E-state index is -1.59. The Hall–Kier alpha value is -4.04. The van der Waals surface area contributed by atoms with Crippen molar-refractivity contribution in [1.29, 1.82) is 0 Å². The summed E-state index contributed by atoms with van der Waals surface area (Å²) in [6, 6.07) is 2.22. The Morgan fingerprint density at radius 1 is 0.725 bits per heavy atom. The zero-order valence-electron chi connectivity index (χ0n) is 30.9. The first-order chi connectivity index (χ1) is 24.2. The third-order valence-electron chi connectivity index (χ3n) is 8.70. The van der Waals surface area contributed by atoms with Crippen molar-refractivity contribution in [3.8, 4) is 0 Å². The molecule has 1 aliphatic heterocycles. The number of ether oxygens (including phenoxy) is 1. The molecule has 1 heterocycles. The molecular weight excluding hydrogens is 658 g/mol. The van der Waals surface area contributed by atoms with Gasteiger partial charge in [-0.05, 0) is 43.6 Å². The van der Waals surface area contributed by atoms with E-state index in [1.54, 1.807) is 44.2 Å². The topological polar surface area (TPSA) is 212 Å². The van der Waals surface area contributed by atoms with Crippen LogP contribution in [0.2, 0.25) is 0 Å². The predicted molar refractivity (Wildman–Crippen MR) is 191 cm³/mol. The van der Waals surface area contributed by atoms with Gasteiger partial charge in [-0.25, -0.2) is 4.79 Å². The minimum absolute atomic E-state index is 0.00582. The first kappa shape index (κ1) is 43.1. The minimum Gasteiger partial charge on any atom is -0.460 e. The second kappa shape index (κ2) is 22.0. The van der Waals surface area contributed by atoms with Gasteiger partial charge in [-0.15, -0.1) is 0 Å². The first-order valence-electron chi connectivity index (χ1n) is 18.2. The fraction of sp³-hybridized carbons (Fsp3) is 0.676. The Bertz CT molecular complexity index is 1290. The number of nitrogens with one attached hydrogen (secondary N) is 5. The molecule has 14 nitrogen and oxygen atoms in total. The van der Waals surface area contributed by atoms with Gasteiger partial charge in [0.1, 0.15) is 36.3 Å². The van der Waals surface area contributed by atoms with Crippen molar-refractivity contribution < 1.29 is 43.7 Å². The van der Waals surface area contributed by atoms with Gasteiger partial charge in [-0.3, -0.25) is 24.0 Å². The van der Waals surface area contributed by atoms with Crippen molar-refractivity contribution >= 4 is 35.5 Å². The maximum Gasteiger partial charge on any atom is 0.329 e. The average Bonchev–Trinajstić information content (AvgIpc) is 3.06. The molecule has 7 atom stereocenters. The van der Waals surface area contributed by atoms with Gasteiger partial charge >= 0.3 is 5.97 Å². The summed E-state index contributed by atoms with van der Waals surface area (Å²) in [5.41, 5.74) is 0.686. The lowest BCUT2D eigenvalue weighted by atomic mass is 10.0. The lowest BCUT2D eigenvalue weighted by Crippen LogP contribution is -2.62. The second-order valence-corrected chi connectivity index (χ2v) is 14.2. The molecule has 0 aliphatic carbocycles. The molecule has 0 spiro atoms. The summed E-state index contributed by atoms with van der Waals surface area (Å²) in [7, 11) is 0. The van der Waals surface area contributed by atoms with E-state index in [2.05, 4.69) is 33.5 Å². The van der Waals surface area contributed by atoms with Crippen LogP contribution in [0.3, 0.4) is 0 Å². The summed E-state index contributed by atoms with van der Waals surface area (Å²) < 4.78 is 5.91. The number of aliphatic hydroxyl groups excluding tert-OH is 2. The molecule has 0 saturated carbocycles. The fourth-order valence-electron chi connectivity index (χ4n) is 5.78. The number of amides is 5. The largest absolute Gasteiger partial charge is 0.460 e. The highest BCUT2D eigenvalue weighted by Gasteiger charge is 2.36. The van der Waals surface area contributed by atoms with Crippen LogP contribution in [0.25, 0.3) is 0 Å². The number of hydrogen-bond donors (Lipinski definition) is 7. The van der Waals surface area contributed by atoms with Crippen LogP contribution in [0, 0.1) is 11.8 Å². The van der Waals surface area contributed by atoms with E-state index in [4.69, 9.17) is 4.74 Å². The molecule has 1 unspecified atom stereocenters. The Labute approximate surface area is 301 Å². The van der Waals surface area contributed by atoms with Gasteiger partial charge in [0, 0.05) is 6.42 Å². The van der Waals surface area contributed by atoms with Crippen LogP contribution in [0.4, 0.5) is 0 Å². The molecule has 14 heteroatoms. The van der Waals surface area contributed by atoms with E-state index in [-0.39, 0.29) is 25.2 Å². The van der Waals surface area contributed by atoms with Crippen LogP contribution >= 0.6 is 0 Å². The van der Waals surface area contributed by atoms with Gasteiger partial charge in [-0.1, -0.05) is 90.6 Å². The number of carbonyl (C=O) groups is 6. The zero-order chi connectivity index (χ0) is 38.1.